The summed E-state index contributed by atoms with van der Waals surface area (Å²) in [5.74, 6) is 0. The summed E-state index contributed by atoms with van der Waals surface area (Å²) in [5.41, 5.74) is 1.26. The molecule has 2 amide bonds. The summed E-state index contributed by atoms with van der Waals surface area (Å²) in [6.45, 7) is 1.79. The van der Waals surface area contributed by atoms with E-state index in [1.165, 1.54) is 0 Å². The Balaban J connectivity index is 1.98. The van der Waals surface area contributed by atoms with Gasteiger partial charge in [0.2, 0.25) is 0 Å². The van der Waals surface area contributed by atoms with Crippen molar-refractivity contribution in [3.05, 3.63) is 60.2 Å². The molecule has 0 spiro atoms. The van der Waals surface area contributed by atoms with Crippen LogP contribution in [0.3, 0.4) is 0 Å². The molecule has 0 heterocycles. The average Bonchev–Trinajstić information content (AvgIpc) is 2.54. The second-order valence-electron chi connectivity index (χ2n) is 5.86. The van der Waals surface area contributed by atoms with E-state index in [9.17, 15) is 9.90 Å². The van der Waals surface area contributed by atoms with Crippen LogP contribution in [-0.4, -0.2) is 31.8 Å². The number of hydrogen-bond donors (Lipinski definition) is 3. The molecular formula is C18H23N3O2. The van der Waals surface area contributed by atoms with Crippen molar-refractivity contribution < 1.29 is 9.90 Å². The SMILES string of the molecule is CN(C)c1ccccc1NC(=O)NC[C@@](C)(O)c1ccccc1. The van der Waals surface area contributed by atoms with Crippen molar-refractivity contribution >= 4 is 17.4 Å². The number of nitrogens with zero attached hydrogens (tertiary/aromatic N) is 1. The number of aliphatic hydroxyl groups is 1. The molecule has 0 unspecified atom stereocenters. The van der Waals surface area contributed by atoms with Gasteiger partial charge in [-0.05, 0) is 24.6 Å². The highest BCUT2D eigenvalue weighted by Crippen LogP contribution is 2.23. The molecule has 3 N–H and O–H groups in total. The van der Waals surface area contributed by atoms with E-state index in [0.29, 0.717) is 5.69 Å². The number of urea groups is 1. The van der Waals surface area contributed by atoms with Crippen LogP contribution in [0.2, 0.25) is 0 Å². The smallest absolute Gasteiger partial charge is 0.319 e. The zero-order chi connectivity index (χ0) is 16.9. The van der Waals surface area contributed by atoms with Gasteiger partial charge in [-0.25, -0.2) is 4.79 Å². The van der Waals surface area contributed by atoms with Crippen LogP contribution in [0.25, 0.3) is 0 Å². The standard InChI is InChI=1S/C18H23N3O2/c1-18(23,14-9-5-4-6-10-14)13-19-17(22)20-15-11-7-8-12-16(15)21(2)3/h4-12,23H,13H2,1-3H3,(H2,19,20,22)/t18-/m1/s1. The van der Waals surface area contributed by atoms with Gasteiger partial charge >= 0.3 is 6.03 Å². The van der Waals surface area contributed by atoms with Gasteiger partial charge < -0.3 is 20.6 Å². The van der Waals surface area contributed by atoms with Crippen molar-refractivity contribution in [1.82, 2.24) is 5.32 Å². The summed E-state index contributed by atoms with van der Waals surface area (Å²) < 4.78 is 0. The lowest BCUT2D eigenvalue weighted by atomic mass is 9.96. The third kappa shape index (κ3) is 4.47. The van der Waals surface area contributed by atoms with Gasteiger partial charge in [0.15, 0.2) is 0 Å². The molecule has 0 radical (unpaired) electrons. The molecule has 2 aromatic rings. The second-order valence-corrected chi connectivity index (χ2v) is 5.86. The Bertz CT molecular complexity index is 654. The first-order valence-electron chi connectivity index (χ1n) is 7.49. The van der Waals surface area contributed by atoms with Gasteiger partial charge in [0, 0.05) is 14.1 Å². The molecule has 0 bridgehead atoms. The number of hydrogen-bond acceptors (Lipinski definition) is 3. The van der Waals surface area contributed by atoms with Crippen LogP contribution < -0.4 is 15.5 Å². The summed E-state index contributed by atoms with van der Waals surface area (Å²) >= 11 is 0. The average molecular weight is 313 g/mol. The highest BCUT2D eigenvalue weighted by Gasteiger charge is 2.23. The van der Waals surface area contributed by atoms with Crippen molar-refractivity contribution in [2.75, 3.05) is 30.9 Å². The number of para-hydroxylation sites is 2. The van der Waals surface area contributed by atoms with Crippen molar-refractivity contribution in [1.29, 1.82) is 0 Å². The monoisotopic (exact) mass is 313 g/mol. The van der Waals surface area contributed by atoms with E-state index >= 15 is 0 Å². The van der Waals surface area contributed by atoms with Crippen LogP contribution in [0.1, 0.15) is 12.5 Å². The van der Waals surface area contributed by atoms with Crippen molar-refractivity contribution in [2.24, 2.45) is 0 Å². The summed E-state index contributed by atoms with van der Waals surface area (Å²) in [5, 5.41) is 16.0. The van der Waals surface area contributed by atoms with Gasteiger partial charge in [0.05, 0.1) is 17.9 Å². The molecule has 23 heavy (non-hydrogen) atoms. The largest absolute Gasteiger partial charge is 0.384 e. The normalized spacial score (nSPS) is 13.0. The minimum atomic E-state index is -1.13. The van der Waals surface area contributed by atoms with Gasteiger partial charge in [-0.2, -0.15) is 0 Å². The summed E-state index contributed by atoms with van der Waals surface area (Å²) in [6.07, 6.45) is 0. The van der Waals surface area contributed by atoms with E-state index in [1.807, 2.05) is 73.6 Å². The summed E-state index contributed by atoms with van der Waals surface area (Å²) in [6, 6.07) is 16.5. The van der Waals surface area contributed by atoms with E-state index in [0.717, 1.165) is 11.3 Å². The third-order valence-electron chi connectivity index (χ3n) is 3.62. The minimum Gasteiger partial charge on any atom is -0.384 e. The van der Waals surface area contributed by atoms with Gasteiger partial charge in [0.25, 0.3) is 0 Å². The quantitative estimate of drug-likeness (QED) is 0.795. The first kappa shape index (κ1) is 16.8. The Morgan fingerprint density at radius 2 is 1.70 bits per heavy atom. The molecule has 5 nitrogen and oxygen atoms in total. The summed E-state index contributed by atoms with van der Waals surface area (Å²) in [4.78, 5) is 14.0. The van der Waals surface area contributed by atoms with Crippen molar-refractivity contribution in [3.8, 4) is 0 Å². The number of rotatable bonds is 5. The minimum absolute atomic E-state index is 0.118. The number of nitrogens with one attached hydrogen (secondary N) is 2. The van der Waals surface area contributed by atoms with Gasteiger partial charge in [-0.15, -0.1) is 0 Å². The molecule has 122 valence electrons. The molecule has 2 aromatic carbocycles. The Morgan fingerprint density at radius 1 is 1.09 bits per heavy atom. The maximum atomic E-state index is 12.1. The number of carbonyl (C=O) groups excluding carboxylic acids is 1. The van der Waals surface area contributed by atoms with Gasteiger partial charge in [0.1, 0.15) is 5.60 Å². The Kier molecular flexibility index (Phi) is 5.24. The van der Waals surface area contributed by atoms with Crippen molar-refractivity contribution in [3.63, 3.8) is 0 Å². The number of benzene rings is 2. The molecule has 5 heteroatoms. The van der Waals surface area contributed by atoms with Crippen LogP contribution in [0.4, 0.5) is 16.2 Å². The number of carbonyl (C=O) groups is 1. The van der Waals surface area contributed by atoms with E-state index in [1.54, 1.807) is 6.92 Å². The lowest BCUT2D eigenvalue weighted by Crippen LogP contribution is -2.40. The molecule has 0 saturated heterocycles. The number of amides is 2. The lowest BCUT2D eigenvalue weighted by molar-refractivity contribution is 0.0599. The van der Waals surface area contributed by atoms with Crippen LogP contribution in [-0.2, 0) is 5.60 Å². The fraction of sp³-hybridized carbons (Fsp3) is 0.278. The molecule has 0 aliphatic heterocycles. The topological polar surface area (TPSA) is 64.6 Å². The van der Waals surface area contributed by atoms with Crippen LogP contribution in [0, 0.1) is 0 Å². The molecule has 0 saturated carbocycles. The fourth-order valence-corrected chi connectivity index (χ4v) is 2.29. The molecule has 0 aliphatic carbocycles. The highest BCUT2D eigenvalue weighted by atomic mass is 16.3. The Labute approximate surface area is 136 Å². The first-order valence-corrected chi connectivity index (χ1v) is 7.49. The molecule has 0 fully saturated rings. The predicted octanol–water partition coefficient (Wildman–Crippen LogP) is 2.78. The molecule has 0 aromatic heterocycles. The van der Waals surface area contributed by atoms with Crippen molar-refractivity contribution in [2.45, 2.75) is 12.5 Å². The maximum Gasteiger partial charge on any atom is 0.319 e. The predicted molar refractivity (Wildman–Crippen MR) is 93.8 cm³/mol. The molecule has 2 rings (SSSR count). The Hall–Kier alpha value is -2.53. The second kappa shape index (κ2) is 7.15. The van der Waals surface area contributed by atoms with Gasteiger partial charge in [-0.3, -0.25) is 0 Å². The first-order chi connectivity index (χ1) is 10.9. The fourth-order valence-electron chi connectivity index (χ4n) is 2.29. The van der Waals surface area contributed by atoms with E-state index in [2.05, 4.69) is 10.6 Å². The zero-order valence-electron chi connectivity index (χ0n) is 13.7. The number of anilines is 2. The Morgan fingerprint density at radius 3 is 2.35 bits per heavy atom. The van der Waals surface area contributed by atoms with E-state index < -0.39 is 5.60 Å². The zero-order valence-corrected chi connectivity index (χ0v) is 13.7. The molecule has 1 atom stereocenters. The summed E-state index contributed by atoms with van der Waals surface area (Å²) in [7, 11) is 3.83. The van der Waals surface area contributed by atoms with Gasteiger partial charge in [-0.1, -0.05) is 42.5 Å². The van der Waals surface area contributed by atoms with Crippen LogP contribution >= 0.6 is 0 Å². The highest BCUT2D eigenvalue weighted by molar-refractivity contribution is 5.93. The van der Waals surface area contributed by atoms with E-state index in [4.69, 9.17) is 0 Å². The molecule has 0 aliphatic rings. The van der Waals surface area contributed by atoms with E-state index in [-0.39, 0.29) is 12.6 Å². The third-order valence-corrected chi connectivity index (χ3v) is 3.62. The lowest BCUT2D eigenvalue weighted by Gasteiger charge is -2.24. The van der Waals surface area contributed by atoms with Crippen LogP contribution in [0.15, 0.2) is 54.6 Å². The maximum absolute atomic E-state index is 12.1. The van der Waals surface area contributed by atoms with Crippen LogP contribution in [0.5, 0.6) is 0 Å². The molecular weight excluding hydrogens is 290 g/mol.